The Morgan fingerprint density at radius 2 is 0.881 bits per heavy atom. The summed E-state index contributed by atoms with van der Waals surface area (Å²) in [5.74, 6) is 3.80. The van der Waals surface area contributed by atoms with Crippen LogP contribution in [-0.2, 0) is 24.0 Å². The van der Waals surface area contributed by atoms with E-state index in [4.69, 9.17) is 18.3 Å². The molecule has 0 amide bonds. The van der Waals surface area contributed by atoms with E-state index in [2.05, 4.69) is 142 Å². The van der Waals surface area contributed by atoms with Crippen molar-refractivity contribution in [3.8, 4) is 23.0 Å². The first-order chi connectivity index (χ1) is 19.2. The molecule has 0 saturated carbocycles. The molecule has 3 aromatic carbocycles. The van der Waals surface area contributed by atoms with E-state index < -0.39 is 27.8 Å². The Kier molecular flexibility index (Phi) is 7.26. The summed E-state index contributed by atoms with van der Waals surface area (Å²) in [5, 5.41) is 0.323. The lowest BCUT2D eigenvalue weighted by molar-refractivity contribution is 0.114. The topological polar surface area (TPSA) is 36.9 Å². The van der Waals surface area contributed by atoms with E-state index in [1.165, 1.54) is 11.1 Å². The van der Waals surface area contributed by atoms with Gasteiger partial charge in [0.1, 0.15) is 34.2 Å². The average Bonchev–Trinajstić information content (AvgIpc) is 3.36. The molecule has 42 heavy (non-hydrogen) atoms. The second kappa shape index (κ2) is 9.91. The van der Waals surface area contributed by atoms with E-state index in [9.17, 15) is 0 Å². The molecule has 0 N–H and O–H groups in total. The first-order valence-electron chi connectivity index (χ1n) is 15.3. The quantitative estimate of drug-likeness (QED) is 0.263. The fourth-order valence-corrected chi connectivity index (χ4v) is 7.43. The van der Waals surface area contributed by atoms with Crippen LogP contribution >= 0.6 is 0 Å². The number of fused-ring (bicyclic) bond motifs is 2. The van der Waals surface area contributed by atoms with Gasteiger partial charge in [0, 0.05) is 24.0 Å². The maximum absolute atomic E-state index is 6.66. The Balaban J connectivity index is 1.29. The van der Waals surface area contributed by atoms with Crippen molar-refractivity contribution >= 4 is 16.6 Å². The van der Waals surface area contributed by atoms with Gasteiger partial charge < -0.3 is 18.3 Å². The Bertz CT molecular complexity index is 1310. The second-order valence-corrected chi connectivity index (χ2v) is 25.3. The monoisotopic (exact) mass is 602 g/mol. The zero-order valence-electron chi connectivity index (χ0n) is 27.8. The highest BCUT2D eigenvalue weighted by atomic mass is 28.4. The normalized spacial score (nSPS) is 22.2. The maximum Gasteiger partial charge on any atom is 0.250 e. The predicted octanol–water partition coefficient (Wildman–Crippen LogP) is 10.2. The lowest BCUT2D eigenvalue weighted by Crippen LogP contribution is -2.43. The Morgan fingerprint density at radius 1 is 0.571 bits per heavy atom. The standard InChI is InChI=1S/C36H50O4Si2/c1-33(2,3)41(9,10)39-29-17-13-27(14-18-29)35(7)23-25-21-32-26(22-31(25)37-35)24-36(8,38-32)28-15-19-30(20-16-28)40-42(11,12)34(4,5)6/h13-22H,23-24H2,1-12H3/t35-,36-/m0/s1. The van der Waals surface area contributed by atoms with Gasteiger partial charge in [-0.3, -0.25) is 0 Å². The summed E-state index contributed by atoms with van der Waals surface area (Å²) < 4.78 is 26.3. The smallest absolute Gasteiger partial charge is 0.250 e. The zero-order chi connectivity index (χ0) is 30.9. The summed E-state index contributed by atoms with van der Waals surface area (Å²) in [5.41, 5.74) is 3.87. The molecule has 0 fully saturated rings. The number of ether oxygens (including phenoxy) is 2. The fourth-order valence-electron chi connectivity index (χ4n) is 5.36. The van der Waals surface area contributed by atoms with Gasteiger partial charge in [0.05, 0.1) is 0 Å². The summed E-state index contributed by atoms with van der Waals surface area (Å²) in [6.07, 6.45) is 1.61. The Hall–Kier alpha value is -2.71. The lowest BCUT2D eigenvalue weighted by Gasteiger charge is -2.36. The third-order valence-electron chi connectivity index (χ3n) is 10.3. The third-order valence-corrected chi connectivity index (χ3v) is 19.0. The third kappa shape index (κ3) is 5.64. The van der Waals surface area contributed by atoms with Crippen LogP contribution < -0.4 is 18.3 Å². The van der Waals surface area contributed by atoms with E-state index in [-0.39, 0.29) is 10.1 Å². The molecule has 4 nitrogen and oxygen atoms in total. The van der Waals surface area contributed by atoms with Crippen LogP contribution in [0, 0.1) is 0 Å². The van der Waals surface area contributed by atoms with Crippen molar-refractivity contribution in [1.82, 2.24) is 0 Å². The lowest BCUT2D eigenvalue weighted by atomic mass is 9.89. The van der Waals surface area contributed by atoms with E-state index in [1.54, 1.807) is 0 Å². The van der Waals surface area contributed by atoms with Crippen LogP contribution in [0.1, 0.15) is 77.6 Å². The van der Waals surface area contributed by atoms with Crippen molar-refractivity contribution in [2.24, 2.45) is 0 Å². The van der Waals surface area contributed by atoms with Crippen LogP contribution in [0.25, 0.3) is 0 Å². The SMILES string of the molecule is CC(C)(C)[Si](C)(C)Oc1ccc([C@]2(C)Cc3cc4c(cc3O2)C[C@@](C)(c2ccc(O[Si](C)(C)C(C)(C)C)cc2)O4)cc1. The van der Waals surface area contributed by atoms with Gasteiger partial charge in [-0.1, -0.05) is 65.8 Å². The minimum absolute atomic E-state index is 0.162. The molecule has 0 saturated heterocycles. The van der Waals surface area contributed by atoms with Gasteiger partial charge in [0.2, 0.25) is 16.6 Å². The van der Waals surface area contributed by atoms with Crippen molar-refractivity contribution in [2.45, 2.75) is 116 Å². The van der Waals surface area contributed by atoms with Gasteiger partial charge in [0.25, 0.3) is 0 Å². The van der Waals surface area contributed by atoms with Crippen LogP contribution in [0.3, 0.4) is 0 Å². The maximum atomic E-state index is 6.66. The molecule has 0 aliphatic carbocycles. The van der Waals surface area contributed by atoms with Gasteiger partial charge in [-0.25, -0.2) is 0 Å². The molecule has 0 bridgehead atoms. The molecular formula is C36H50O4Si2. The molecule has 2 aliphatic rings. The van der Waals surface area contributed by atoms with Gasteiger partial charge in [-0.15, -0.1) is 0 Å². The summed E-state index contributed by atoms with van der Waals surface area (Å²) in [4.78, 5) is 0. The fraction of sp³-hybridized carbons (Fsp3) is 0.500. The van der Waals surface area contributed by atoms with Crippen LogP contribution in [-0.4, -0.2) is 16.6 Å². The summed E-state index contributed by atoms with van der Waals surface area (Å²) in [7, 11) is -3.76. The first-order valence-corrected chi connectivity index (χ1v) is 21.2. The number of hydrogen-bond acceptors (Lipinski definition) is 4. The zero-order valence-corrected chi connectivity index (χ0v) is 29.8. The highest BCUT2D eigenvalue weighted by molar-refractivity contribution is 6.75. The molecular weight excluding hydrogens is 553 g/mol. The van der Waals surface area contributed by atoms with Crippen LogP contribution in [0.15, 0.2) is 60.7 Å². The molecule has 0 spiro atoms. The highest BCUT2D eigenvalue weighted by Crippen LogP contribution is 2.49. The van der Waals surface area contributed by atoms with Crippen LogP contribution in [0.2, 0.25) is 36.3 Å². The molecule has 2 aliphatic heterocycles. The molecule has 226 valence electrons. The van der Waals surface area contributed by atoms with E-state index in [1.807, 2.05) is 0 Å². The average molecular weight is 603 g/mol. The van der Waals surface area contributed by atoms with E-state index in [0.29, 0.717) is 0 Å². The van der Waals surface area contributed by atoms with Crippen molar-refractivity contribution in [3.05, 3.63) is 82.9 Å². The summed E-state index contributed by atoms with van der Waals surface area (Å²) in [6, 6.07) is 21.4. The molecule has 2 atom stereocenters. The molecule has 2 heterocycles. The Morgan fingerprint density at radius 3 is 1.17 bits per heavy atom. The van der Waals surface area contributed by atoms with Crippen molar-refractivity contribution in [1.29, 1.82) is 0 Å². The first kappa shape index (κ1) is 30.7. The Labute approximate surface area is 256 Å². The van der Waals surface area contributed by atoms with Gasteiger partial charge >= 0.3 is 0 Å². The minimum atomic E-state index is -1.88. The molecule has 0 aromatic heterocycles. The molecule has 3 aromatic rings. The molecule has 0 unspecified atom stereocenters. The number of rotatable bonds is 6. The minimum Gasteiger partial charge on any atom is -0.544 e. The predicted molar refractivity (Wildman–Crippen MR) is 178 cm³/mol. The number of hydrogen-bond donors (Lipinski definition) is 0. The van der Waals surface area contributed by atoms with Crippen molar-refractivity contribution < 1.29 is 18.3 Å². The van der Waals surface area contributed by atoms with Crippen LogP contribution in [0.5, 0.6) is 23.0 Å². The summed E-state index contributed by atoms with van der Waals surface area (Å²) >= 11 is 0. The van der Waals surface area contributed by atoms with Crippen molar-refractivity contribution in [2.75, 3.05) is 0 Å². The van der Waals surface area contributed by atoms with Gasteiger partial charge in [-0.2, -0.15) is 0 Å². The molecule has 0 radical (unpaired) electrons. The molecule has 5 rings (SSSR count). The van der Waals surface area contributed by atoms with Gasteiger partial charge in [0.15, 0.2) is 0 Å². The van der Waals surface area contributed by atoms with E-state index >= 15 is 0 Å². The molecule has 6 heteroatoms. The number of benzene rings is 3. The van der Waals surface area contributed by atoms with Gasteiger partial charge in [-0.05, 0) is 97.6 Å². The largest absolute Gasteiger partial charge is 0.544 e. The second-order valence-electron chi connectivity index (χ2n) is 15.9. The van der Waals surface area contributed by atoms with Crippen LogP contribution in [0.4, 0.5) is 0 Å². The summed E-state index contributed by atoms with van der Waals surface area (Å²) in [6.45, 7) is 27.1. The highest BCUT2D eigenvalue weighted by Gasteiger charge is 2.43. The van der Waals surface area contributed by atoms with Crippen molar-refractivity contribution in [3.63, 3.8) is 0 Å². The van der Waals surface area contributed by atoms with E-state index in [0.717, 1.165) is 47.0 Å².